The Morgan fingerprint density at radius 3 is 2.16 bits per heavy atom. The van der Waals surface area contributed by atoms with Crippen LogP contribution in [-0.4, -0.2) is 15.0 Å². The van der Waals surface area contributed by atoms with Gasteiger partial charge in [-0.1, -0.05) is 60.7 Å². The van der Waals surface area contributed by atoms with Crippen LogP contribution in [0, 0.1) is 3.70 Å². The van der Waals surface area contributed by atoms with Crippen LogP contribution >= 0.6 is 22.6 Å². The molecule has 0 aliphatic carbocycles. The molecular formula is C15H12IN3. The number of rotatable bonds is 3. The molecule has 0 spiro atoms. The molecule has 0 saturated heterocycles. The maximum absolute atomic E-state index is 4.57. The van der Waals surface area contributed by atoms with Gasteiger partial charge in [0, 0.05) is 5.56 Å². The lowest BCUT2D eigenvalue weighted by molar-refractivity contribution is 0.589. The highest BCUT2D eigenvalue weighted by molar-refractivity contribution is 14.1. The number of halogens is 1. The second-order valence-electron chi connectivity index (χ2n) is 4.22. The van der Waals surface area contributed by atoms with Crippen LogP contribution in [0.1, 0.15) is 5.56 Å². The average Bonchev–Trinajstić information content (AvgIpc) is 2.82. The van der Waals surface area contributed by atoms with Crippen molar-refractivity contribution in [1.82, 2.24) is 15.0 Å². The molecule has 0 fully saturated rings. The van der Waals surface area contributed by atoms with E-state index in [1.54, 1.807) is 4.80 Å². The third-order valence-electron chi connectivity index (χ3n) is 2.83. The van der Waals surface area contributed by atoms with Crippen molar-refractivity contribution in [2.24, 2.45) is 0 Å². The molecule has 0 unspecified atom stereocenters. The number of benzene rings is 2. The predicted molar refractivity (Wildman–Crippen MR) is 83.7 cm³/mol. The van der Waals surface area contributed by atoms with Gasteiger partial charge >= 0.3 is 0 Å². The van der Waals surface area contributed by atoms with E-state index in [-0.39, 0.29) is 0 Å². The SMILES string of the molecule is Ic1nn(Cc2ccccc2)nc1-c1ccccc1. The number of aromatic nitrogens is 3. The molecule has 94 valence electrons. The van der Waals surface area contributed by atoms with E-state index in [4.69, 9.17) is 0 Å². The summed E-state index contributed by atoms with van der Waals surface area (Å²) in [5, 5.41) is 9.05. The average molecular weight is 361 g/mol. The molecule has 0 bridgehead atoms. The van der Waals surface area contributed by atoms with Crippen LogP contribution in [0.2, 0.25) is 0 Å². The molecule has 0 N–H and O–H groups in total. The molecule has 0 saturated carbocycles. The van der Waals surface area contributed by atoms with E-state index in [1.807, 2.05) is 36.4 Å². The quantitative estimate of drug-likeness (QED) is 0.668. The highest BCUT2D eigenvalue weighted by Crippen LogP contribution is 2.21. The zero-order valence-corrected chi connectivity index (χ0v) is 12.4. The lowest BCUT2D eigenvalue weighted by Gasteiger charge is -1.99. The summed E-state index contributed by atoms with van der Waals surface area (Å²) in [5.41, 5.74) is 3.25. The first-order valence-electron chi connectivity index (χ1n) is 6.03. The maximum atomic E-state index is 4.57. The summed E-state index contributed by atoms with van der Waals surface area (Å²) >= 11 is 2.23. The van der Waals surface area contributed by atoms with Crippen molar-refractivity contribution in [1.29, 1.82) is 0 Å². The molecule has 0 radical (unpaired) electrons. The molecular weight excluding hydrogens is 349 g/mol. The molecule has 0 atom stereocenters. The van der Waals surface area contributed by atoms with Gasteiger partial charge in [-0.2, -0.15) is 9.90 Å². The molecule has 0 aliphatic rings. The Hall–Kier alpha value is -1.69. The first kappa shape index (κ1) is 12.3. The van der Waals surface area contributed by atoms with Gasteiger partial charge < -0.3 is 0 Å². The number of nitrogens with zero attached hydrogens (tertiary/aromatic N) is 3. The summed E-state index contributed by atoms with van der Waals surface area (Å²) < 4.78 is 0.930. The molecule has 1 aromatic heterocycles. The van der Waals surface area contributed by atoms with Gasteiger partial charge in [0.2, 0.25) is 0 Å². The van der Waals surface area contributed by atoms with E-state index < -0.39 is 0 Å². The Kier molecular flexibility index (Phi) is 3.59. The van der Waals surface area contributed by atoms with Crippen molar-refractivity contribution in [2.45, 2.75) is 6.54 Å². The Bertz CT molecular complexity index is 662. The molecule has 19 heavy (non-hydrogen) atoms. The van der Waals surface area contributed by atoms with Crippen LogP contribution in [0.5, 0.6) is 0 Å². The molecule has 0 aliphatic heterocycles. The van der Waals surface area contributed by atoms with Crippen molar-refractivity contribution >= 4 is 22.6 Å². The van der Waals surface area contributed by atoms with Crippen molar-refractivity contribution in [3.05, 3.63) is 69.9 Å². The lowest BCUT2D eigenvalue weighted by Crippen LogP contribution is -2.03. The van der Waals surface area contributed by atoms with Gasteiger partial charge in [0.05, 0.1) is 6.54 Å². The van der Waals surface area contributed by atoms with Gasteiger partial charge in [-0.05, 0) is 28.2 Å². The van der Waals surface area contributed by atoms with Crippen LogP contribution in [0.3, 0.4) is 0 Å². The largest absolute Gasteiger partial charge is 0.179 e. The Balaban J connectivity index is 1.90. The Labute approximate surface area is 125 Å². The standard InChI is InChI=1S/C15H12IN3/c16-15-14(13-9-5-2-6-10-13)17-19(18-15)11-12-7-3-1-4-8-12/h1-10H,11H2. The number of hydrogen-bond donors (Lipinski definition) is 0. The van der Waals surface area contributed by atoms with Crippen molar-refractivity contribution < 1.29 is 0 Å². The second-order valence-corrected chi connectivity index (χ2v) is 5.24. The third kappa shape index (κ3) is 2.84. The summed E-state index contributed by atoms with van der Waals surface area (Å²) in [6.07, 6.45) is 0. The van der Waals surface area contributed by atoms with E-state index >= 15 is 0 Å². The van der Waals surface area contributed by atoms with Crippen LogP contribution in [-0.2, 0) is 6.54 Å². The highest BCUT2D eigenvalue weighted by atomic mass is 127. The van der Waals surface area contributed by atoms with Crippen LogP contribution in [0.15, 0.2) is 60.7 Å². The summed E-state index contributed by atoms with van der Waals surface area (Å²) in [7, 11) is 0. The van der Waals surface area contributed by atoms with Crippen molar-refractivity contribution in [3.63, 3.8) is 0 Å². The van der Waals surface area contributed by atoms with Crippen LogP contribution in [0.4, 0.5) is 0 Å². The topological polar surface area (TPSA) is 30.7 Å². The van der Waals surface area contributed by atoms with Gasteiger partial charge in [-0.3, -0.25) is 0 Å². The second kappa shape index (κ2) is 5.52. The first-order valence-corrected chi connectivity index (χ1v) is 7.11. The van der Waals surface area contributed by atoms with Gasteiger partial charge in [0.25, 0.3) is 0 Å². The maximum Gasteiger partial charge on any atom is 0.151 e. The highest BCUT2D eigenvalue weighted by Gasteiger charge is 2.10. The molecule has 1 heterocycles. The Morgan fingerprint density at radius 2 is 1.47 bits per heavy atom. The van der Waals surface area contributed by atoms with Crippen molar-refractivity contribution in [3.8, 4) is 11.3 Å². The van der Waals surface area contributed by atoms with Gasteiger partial charge in [-0.25, -0.2) is 0 Å². The van der Waals surface area contributed by atoms with Gasteiger partial charge in [0.1, 0.15) is 5.69 Å². The molecule has 0 amide bonds. The van der Waals surface area contributed by atoms with Crippen LogP contribution in [0.25, 0.3) is 11.3 Å². The summed E-state index contributed by atoms with van der Waals surface area (Å²) in [4.78, 5) is 1.75. The van der Waals surface area contributed by atoms with E-state index in [0.29, 0.717) is 6.54 Å². The monoisotopic (exact) mass is 361 g/mol. The normalized spacial score (nSPS) is 10.6. The fourth-order valence-electron chi connectivity index (χ4n) is 1.92. The van der Waals surface area contributed by atoms with Crippen LogP contribution < -0.4 is 0 Å². The number of hydrogen-bond acceptors (Lipinski definition) is 2. The fourth-order valence-corrected chi connectivity index (χ4v) is 2.59. The minimum Gasteiger partial charge on any atom is -0.179 e. The first-order chi connectivity index (χ1) is 9.33. The summed E-state index contributed by atoms with van der Waals surface area (Å²) in [5.74, 6) is 0. The lowest BCUT2D eigenvalue weighted by atomic mass is 10.2. The molecule has 3 aromatic rings. The van der Waals surface area contributed by atoms with E-state index in [0.717, 1.165) is 15.0 Å². The molecule has 4 heteroatoms. The minimum atomic E-state index is 0.698. The predicted octanol–water partition coefficient (Wildman–Crippen LogP) is 3.60. The van der Waals surface area contributed by atoms with Crippen molar-refractivity contribution in [2.75, 3.05) is 0 Å². The zero-order chi connectivity index (χ0) is 13.1. The summed E-state index contributed by atoms with van der Waals surface area (Å²) in [6, 6.07) is 20.4. The van der Waals surface area contributed by atoms with E-state index in [9.17, 15) is 0 Å². The van der Waals surface area contributed by atoms with E-state index in [1.165, 1.54) is 5.56 Å². The van der Waals surface area contributed by atoms with Gasteiger partial charge in [-0.15, -0.1) is 5.10 Å². The minimum absolute atomic E-state index is 0.698. The van der Waals surface area contributed by atoms with Gasteiger partial charge in [0.15, 0.2) is 3.70 Å². The molecule has 3 rings (SSSR count). The third-order valence-corrected chi connectivity index (χ3v) is 3.55. The molecule has 2 aromatic carbocycles. The Morgan fingerprint density at radius 1 is 0.842 bits per heavy atom. The smallest absolute Gasteiger partial charge is 0.151 e. The fraction of sp³-hybridized carbons (Fsp3) is 0.0667. The summed E-state index contributed by atoms with van der Waals surface area (Å²) in [6.45, 7) is 0.698. The molecule has 3 nitrogen and oxygen atoms in total. The zero-order valence-electron chi connectivity index (χ0n) is 10.2. The van der Waals surface area contributed by atoms with E-state index in [2.05, 4.69) is 57.1 Å².